The maximum absolute atomic E-state index is 11.8. The van der Waals surface area contributed by atoms with Crippen LogP contribution in [0.2, 0.25) is 0 Å². The first-order valence-electron chi connectivity index (χ1n) is 5.99. The van der Waals surface area contributed by atoms with Crippen molar-refractivity contribution >= 4 is 22.2 Å². The highest BCUT2D eigenvalue weighted by atomic mass is 32.1. The third kappa shape index (κ3) is 3.98. The van der Waals surface area contributed by atoms with Gasteiger partial charge in [0.05, 0.1) is 23.0 Å². The van der Waals surface area contributed by atoms with E-state index in [1.54, 1.807) is 0 Å². The van der Waals surface area contributed by atoms with Gasteiger partial charge < -0.3 is 10.1 Å². The van der Waals surface area contributed by atoms with Crippen LogP contribution in [0.3, 0.4) is 0 Å². The van der Waals surface area contributed by atoms with Gasteiger partial charge in [-0.15, -0.1) is 0 Å². The first-order chi connectivity index (χ1) is 9.16. The Morgan fingerprint density at radius 1 is 1.47 bits per heavy atom. The highest BCUT2D eigenvalue weighted by Crippen LogP contribution is 2.23. The number of carbonyl (C=O) groups is 1. The molecule has 0 aromatic carbocycles. The number of nitrogens with zero attached hydrogens (tertiary/aromatic N) is 2. The summed E-state index contributed by atoms with van der Waals surface area (Å²) in [5.41, 5.74) is 0. The van der Waals surface area contributed by atoms with Gasteiger partial charge in [-0.1, -0.05) is 11.3 Å². The number of hydrogen-bond donors (Lipinski definition) is 1. The van der Waals surface area contributed by atoms with E-state index in [0.29, 0.717) is 11.4 Å². The van der Waals surface area contributed by atoms with Crippen LogP contribution in [0.5, 0.6) is 0 Å². The monoisotopic (exact) mass is 285 g/mol. The van der Waals surface area contributed by atoms with Gasteiger partial charge in [-0.05, 0) is 6.07 Å². The Morgan fingerprint density at radius 3 is 2.84 bits per heavy atom. The Morgan fingerprint density at radius 2 is 2.21 bits per heavy atom. The van der Waals surface area contributed by atoms with Crippen molar-refractivity contribution in [3.8, 4) is 0 Å². The fraction of sp³-hybridized carbons (Fsp3) is 0.545. The summed E-state index contributed by atoms with van der Waals surface area (Å²) >= 11 is 0.890. The van der Waals surface area contributed by atoms with Crippen LogP contribution >= 0.6 is 11.3 Å². The molecule has 1 amide bonds. The number of thiophene rings is 1. The van der Waals surface area contributed by atoms with E-state index in [4.69, 9.17) is 4.74 Å². The summed E-state index contributed by atoms with van der Waals surface area (Å²) in [6.07, 6.45) is 0. The average Bonchev–Trinajstić information content (AvgIpc) is 2.89. The van der Waals surface area contributed by atoms with Gasteiger partial charge in [-0.25, -0.2) is 0 Å². The highest BCUT2D eigenvalue weighted by Gasteiger charge is 2.15. The molecule has 1 aromatic heterocycles. The predicted molar refractivity (Wildman–Crippen MR) is 70.6 cm³/mol. The zero-order chi connectivity index (χ0) is 13.7. The van der Waals surface area contributed by atoms with Crippen LogP contribution in [0.25, 0.3) is 0 Å². The lowest BCUT2D eigenvalue weighted by atomic mass is 10.4. The number of carbonyl (C=O) groups excluding carboxylic acids is 1. The lowest BCUT2D eigenvalue weighted by Crippen LogP contribution is -2.41. The number of rotatable bonds is 5. The van der Waals surface area contributed by atoms with E-state index >= 15 is 0 Å². The molecular formula is C11H15N3O4S. The molecule has 1 N–H and O–H groups in total. The van der Waals surface area contributed by atoms with Gasteiger partial charge in [0.25, 0.3) is 5.91 Å². The van der Waals surface area contributed by atoms with Crippen molar-refractivity contribution in [2.24, 2.45) is 0 Å². The van der Waals surface area contributed by atoms with Gasteiger partial charge in [-0.2, -0.15) is 0 Å². The Kier molecular flexibility index (Phi) is 4.83. The van der Waals surface area contributed by atoms with Gasteiger partial charge in [-0.3, -0.25) is 19.8 Å². The molecule has 1 aromatic rings. The molecule has 104 valence electrons. The summed E-state index contributed by atoms with van der Waals surface area (Å²) in [5, 5.41) is 13.3. The summed E-state index contributed by atoms with van der Waals surface area (Å²) < 4.78 is 5.23. The van der Waals surface area contributed by atoms with Crippen molar-refractivity contribution in [1.29, 1.82) is 0 Å². The van der Waals surface area contributed by atoms with Crippen molar-refractivity contribution in [3.63, 3.8) is 0 Å². The molecule has 0 bridgehead atoms. The fourth-order valence-electron chi connectivity index (χ4n) is 1.79. The zero-order valence-corrected chi connectivity index (χ0v) is 11.1. The van der Waals surface area contributed by atoms with Crippen molar-refractivity contribution < 1.29 is 14.5 Å². The topological polar surface area (TPSA) is 84.7 Å². The number of ether oxygens (including phenoxy) is 1. The Bertz CT molecular complexity index is 457. The molecule has 19 heavy (non-hydrogen) atoms. The van der Waals surface area contributed by atoms with Crippen LogP contribution in [0, 0.1) is 10.1 Å². The Hall–Kier alpha value is -1.51. The van der Waals surface area contributed by atoms with Crippen LogP contribution in [-0.2, 0) is 4.74 Å². The summed E-state index contributed by atoms with van der Waals surface area (Å²) in [6, 6.07) is 2.83. The molecule has 0 unspecified atom stereocenters. The van der Waals surface area contributed by atoms with Crippen molar-refractivity contribution in [3.05, 3.63) is 27.1 Å². The van der Waals surface area contributed by atoms with Gasteiger partial charge in [0.1, 0.15) is 0 Å². The molecule has 7 nitrogen and oxygen atoms in total. The second-order valence-electron chi connectivity index (χ2n) is 4.10. The SMILES string of the molecule is O=C(NCCN1CCOCC1)c1ccc([N+](=O)[O-])s1. The number of amides is 1. The molecule has 2 heterocycles. The molecule has 0 radical (unpaired) electrons. The van der Waals surface area contributed by atoms with Gasteiger partial charge in [0.2, 0.25) is 0 Å². The predicted octanol–water partition coefficient (Wildman–Crippen LogP) is 0.718. The van der Waals surface area contributed by atoms with Crippen LogP contribution in [-0.4, -0.2) is 55.1 Å². The summed E-state index contributed by atoms with van der Waals surface area (Å²) in [4.78, 5) is 24.4. The van der Waals surface area contributed by atoms with Crippen molar-refractivity contribution in [2.75, 3.05) is 39.4 Å². The van der Waals surface area contributed by atoms with E-state index < -0.39 is 4.92 Å². The van der Waals surface area contributed by atoms with Crippen molar-refractivity contribution in [1.82, 2.24) is 10.2 Å². The van der Waals surface area contributed by atoms with E-state index in [9.17, 15) is 14.9 Å². The van der Waals surface area contributed by atoms with Crippen LogP contribution in [0.4, 0.5) is 5.00 Å². The van der Waals surface area contributed by atoms with E-state index in [1.165, 1.54) is 12.1 Å². The van der Waals surface area contributed by atoms with Crippen LogP contribution < -0.4 is 5.32 Å². The van der Waals surface area contributed by atoms with E-state index in [0.717, 1.165) is 44.2 Å². The number of hydrogen-bond acceptors (Lipinski definition) is 6. The second kappa shape index (κ2) is 6.60. The standard InChI is InChI=1S/C11H15N3O4S/c15-11(9-1-2-10(19-9)14(16)17)12-3-4-13-5-7-18-8-6-13/h1-2H,3-8H2,(H,12,15). The Labute approximate surface area is 114 Å². The third-order valence-electron chi connectivity index (χ3n) is 2.81. The molecule has 2 rings (SSSR count). The van der Waals surface area contributed by atoms with Crippen LogP contribution in [0.1, 0.15) is 9.67 Å². The maximum atomic E-state index is 11.8. The molecule has 1 aliphatic heterocycles. The summed E-state index contributed by atoms with van der Waals surface area (Å²) in [6.45, 7) is 4.50. The van der Waals surface area contributed by atoms with Gasteiger partial charge in [0.15, 0.2) is 0 Å². The molecule has 0 atom stereocenters. The fourth-order valence-corrected chi connectivity index (χ4v) is 2.52. The molecule has 1 fully saturated rings. The van der Waals surface area contributed by atoms with Gasteiger partial charge in [0, 0.05) is 32.2 Å². The minimum absolute atomic E-state index is 0.0154. The average molecular weight is 285 g/mol. The van der Waals surface area contributed by atoms with Crippen LogP contribution in [0.15, 0.2) is 12.1 Å². The smallest absolute Gasteiger partial charge is 0.324 e. The molecule has 1 saturated heterocycles. The van der Waals surface area contributed by atoms with E-state index in [1.807, 2.05) is 0 Å². The zero-order valence-electron chi connectivity index (χ0n) is 10.3. The molecule has 0 aliphatic carbocycles. The molecular weight excluding hydrogens is 270 g/mol. The normalized spacial score (nSPS) is 16.2. The Balaban J connectivity index is 1.75. The largest absolute Gasteiger partial charge is 0.379 e. The molecule has 1 aliphatic rings. The highest BCUT2D eigenvalue weighted by molar-refractivity contribution is 7.17. The minimum Gasteiger partial charge on any atom is -0.379 e. The first kappa shape index (κ1) is 13.9. The quantitative estimate of drug-likeness (QED) is 0.636. The first-order valence-corrected chi connectivity index (χ1v) is 6.81. The molecule has 0 saturated carbocycles. The third-order valence-corrected chi connectivity index (χ3v) is 3.85. The molecule has 0 spiro atoms. The maximum Gasteiger partial charge on any atom is 0.324 e. The lowest BCUT2D eigenvalue weighted by Gasteiger charge is -2.26. The molecule has 8 heteroatoms. The number of nitrogens with one attached hydrogen (secondary N) is 1. The second-order valence-corrected chi connectivity index (χ2v) is 5.17. The lowest BCUT2D eigenvalue weighted by molar-refractivity contribution is -0.380. The van der Waals surface area contributed by atoms with E-state index in [-0.39, 0.29) is 10.9 Å². The number of nitro groups is 1. The minimum atomic E-state index is -0.491. The number of morpholine rings is 1. The van der Waals surface area contributed by atoms with Crippen molar-refractivity contribution in [2.45, 2.75) is 0 Å². The summed E-state index contributed by atoms with van der Waals surface area (Å²) in [7, 11) is 0. The summed E-state index contributed by atoms with van der Waals surface area (Å²) in [5.74, 6) is -0.258. The van der Waals surface area contributed by atoms with Gasteiger partial charge >= 0.3 is 5.00 Å². The van der Waals surface area contributed by atoms with E-state index in [2.05, 4.69) is 10.2 Å².